The Kier molecular flexibility index (Phi) is 3.20. The van der Waals surface area contributed by atoms with Gasteiger partial charge < -0.3 is 4.74 Å². The van der Waals surface area contributed by atoms with Crippen LogP contribution in [0.5, 0.6) is 0 Å². The summed E-state index contributed by atoms with van der Waals surface area (Å²) in [5.74, 6) is 2.37. The van der Waals surface area contributed by atoms with Gasteiger partial charge in [-0.2, -0.15) is 0 Å². The molecule has 0 bridgehead atoms. The van der Waals surface area contributed by atoms with Gasteiger partial charge in [0.2, 0.25) is 0 Å². The third-order valence-corrected chi connectivity index (χ3v) is 1.47. The molecule has 1 aliphatic rings. The van der Waals surface area contributed by atoms with Crippen molar-refractivity contribution in [1.29, 1.82) is 0 Å². The van der Waals surface area contributed by atoms with E-state index in [0.717, 1.165) is 26.3 Å². The van der Waals surface area contributed by atoms with Crippen LogP contribution >= 0.6 is 0 Å². The largest absolute Gasteiger partial charge is 0.379 e. The zero-order valence-corrected chi connectivity index (χ0v) is 5.77. The minimum Gasteiger partial charge on any atom is -0.379 e. The molecule has 0 amide bonds. The zero-order chi connectivity index (χ0) is 7.23. The molecule has 0 aromatic rings. The molecule has 0 aromatic heterocycles. The summed E-state index contributed by atoms with van der Waals surface area (Å²) in [7, 11) is 0. The van der Waals surface area contributed by atoms with Crippen LogP contribution in [-0.2, 0) is 4.74 Å². The van der Waals surface area contributed by atoms with E-state index in [-0.39, 0.29) is 0 Å². The maximum atomic E-state index is 11.3. The van der Waals surface area contributed by atoms with Crippen LogP contribution in [0.1, 0.15) is 0 Å². The maximum absolute atomic E-state index is 11.3. The Morgan fingerprint density at radius 3 is 2.70 bits per heavy atom. The Morgan fingerprint density at radius 1 is 1.40 bits per heavy atom. The lowest BCUT2D eigenvalue weighted by Gasteiger charge is -2.23. The van der Waals surface area contributed by atoms with Crippen LogP contribution in [0.15, 0.2) is 0 Å². The summed E-state index contributed by atoms with van der Waals surface area (Å²) in [6, 6.07) is 0. The molecule has 3 heteroatoms. The van der Waals surface area contributed by atoms with Crippen LogP contribution in [0.3, 0.4) is 0 Å². The highest BCUT2D eigenvalue weighted by atomic mass is 19.1. The van der Waals surface area contributed by atoms with Crippen LogP contribution in [0.4, 0.5) is 4.39 Å². The third-order valence-electron chi connectivity index (χ3n) is 1.47. The Morgan fingerprint density at radius 2 is 2.10 bits per heavy atom. The van der Waals surface area contributed by atoms with Crippen molar-refractivity contribution in [2.45, 2.75) is 0 Å². The number of morpholine rings is 1. The minimum absolute atomic E-state index is 0.528. The number of halogens is 1. The summed E-state index contributed by atoms with van der Waals surface area (Å²) < 4.78 is 16.4. The molecule has 10 heavy (non-hydrogen) atoms. The predicted octanol–water partition coefficient (Wildman–Crippen LogP) is 0.249. The van der Waals surface area contributed by atoms with Crippen molar-refractivity contribution >= 4 is 0 Å². The minimum atomic E-state index is 0.528. The molecule has 0 aliphatic carbocycles. The SMILES string of the molecule is FC#CCN1CCOCC1. The van der Waals surface area contributed by atoms with Crippen LogP contribution < -0.4 is 0 Å². The summed E-state index contributed by atoms with van der Waals surface area (Å²) in [4.78, 5) is 2.07. The van der Waals surface area contributed by atoms with Crippen molar-refractivity contribution < 1.29 is 9.13 Å². The number of rotatable bonds is 1. The lowest BCUT2D eigenvalue weighted by atomic mass is 10.4. The molecular formula is C7H10FNO. The summed E-state index contributed by atoms with van der Waals surface area (Å²) in [5.41, 5.74) is 0. The number of nitrogens with zero attached hydrogens (tertiary/aromatic N) is 1. The van der Waals surface area contributed by atoms with Gasteiger partial charge in [0.05, 0.1) is 19.8 Å². The van der Waals surface area contributed by atoms with Gasteiger partial charge in [0.25, 0.3) is 0 Å². The first-order valence-corrected chi connectivity index (χ1v) is 3.32. The van der Waals surface area contributed by atoms with Gasteiger partial charge in [-0.05, 0) is 0 Å². The Balaban J connectivity index is 2.17. The van der Waals surface area contributed by atoms with E-state index in [1.165, 1.54) is 6.17 Å². The van der Waals surface area contributed by atoms with E-state index in [0.29, 0.717) is 6.54 Å². The first kappa shape index (κ1) is 7.52. The molecule has 1 heterocycles. The third kappa shape index (κ3) is 2.34. The van der Waals surface area contributed by atoms with Gasteiger partial charge in [-0.3, -0.25) is 4.90 Å². The molecule has 1 aliphatic heterocycles. The Bertz CT molecular complexity index is 143. The van der Waals surface area contributed by atoms with E-state index in [1.807, 2.05) is 0 Å². The molecule has 1 fully saturated rings. The Labute approximate surface area is 60.0 Å². The van der Waals surface area contributed by atoms with Crippen LogP contribution in [0.25, 0.3) is 0 Å². The van der Waals surface area contributed by atoms with Gasteiger partial charge in [-0.1, -0.05) is 5.92 Å². The van der Waals surface area contributed by atoms with Gasteiger partial charge in [0.1, 0.15) is 6.17 Å². The molecule has 0 aromatic carbocycles. The highest BCUT2D eigenvalue weighted by Crippen LogP contribution is 1.94. The molecule has 1 rings (SSSR count). The van der Waals surface area contributed by atoms with E-state index in [4.69, 9.17) is 4.74 Å². The monoisotopic (exact) mass is 143 g/mol. The predicted molar refractivity (Wildman–Crippen MR) is 36.1 cm³/mol. The second-order valence-corrected chi connectivity index (χ2v) is 2.16. The van der Waals surface area contributed by atoms with Crippen LogP contribution in [-0.4, -0.2) is 37.7 Å². The molecular weight excluding hydrogens is 133 g/mol. The first-order chi connectivity index (χ1) is 4.93. The van der Waals surface area contributed by atoms with Gasteiger partial charge in [-0.15, -0.1) is 4.39 Å². The van der Waals surface area contributed by atoms with Crippen LogP contribution in [0, 0.1) is 12.1 Å². The van der Waals surface area contributed by atoms with E-state index < -0.39 is 0 Å². The van der Waals surface area contributed by atoms with Crippen molar-refractivity contribution in [1.82, 2.24) is 4.90 Å². The second kappa shape index (κ2) is 4.26. The maximum Gasteiger partial charge on any atom is 0.106 e. The topological polar surface area (TPSA) is 12.5 Å². The molecule has 0 unspecified atom stereocenters. The fourth-order valence-electron chi connectivity index (χ4n) is 0.901. The molecule has 0 spiro atoms. The smallest absolute Gasteiger partial charge is 0.106 e. The molecule has 1 saturated heterocycles. The zero-order valence-electron chi connectivity index (χ0n) is 5.77. The van der Waals surface area contributed by atoms with E-state index >= 15 is 0 Å². The van der Waals surface area contributed by atoms with Gasteiger partial charge >= 0.3 is 0 Å². The van der Waals surface area contributed by atoms with Crippen molar-refractivity contribution in [2.75, 3.05) is 32.8 Å². The number of ether oxygens (including phenoxy) is 1. The summed E-state index contributed by atoms with van der Waals surface area (Å²) in [6.45, 7) is 3.76. The standard InChI is InChI=1S/C7H10FNO/c8-2-1-3-9-4-6-10-7-5-9/h3-7H2. The van der Waals surface area contributed by atoms with Crippen LogP contribution in [0.2, 0.25) is 0 Å². The highest BCUT2D eigenvalue weighted by Gasteiger charge is 2.07. The van der Waals surface area contributed by atoms with E-state index in [2.05, 4.69) is 10.8 Å². The van der Waals surface area contributed by atoms with Crippen molar-refractivity contribution in [3.05, 3.63) is 0 Å². The molecule has 56 valence electrons. The quantitative estimate of drug-likeness (QED) is 0.488. The van der Waals surface area contributed by atoms with Crippen molar-refractivity contribution in [2.24, 2.45) is 0 Å². The molecule has 0 saturated carbocycles. The summed E-state index contributed by atoms with van der Waals surface area (Å²) in [6.07, 6.45) is 1.38. The average Bonchev–Trinajstić information content (AvgIpc) is 2.03. The van der Waals surface area contributed by atoms with E-state index in [9.17, 15) is 4.39 Å². The molecule has 0 radical (unpaired) electrons. The molecule has 0 atom stereocenters. The Hall–Kier alpha value is -0.590. The lowest BCUT2D eigenvalue weighted by Crippen LogP contribution is -2.36. The summed E-state index contributed by atoms with van der Waals surface area (Å²) in [5, 5.41) is 0. The van der Waals surface area contributed by atoms with Gasteiger partial charge in [0, 0.05) is 13.1 Å². The second-order valence-electron chi connectivity index (χ2n) is 2.16. The fourth-order valence-corrected chi connectivity index (χ4v) is 0.901. The summed E-state index contributed by atoms with van der Waals surface area (Å²) >= 11 is 0. The fraction of sp³-hybridized carbons (Fsp3) is 0.714. The van der Waals surface area contributed by atoms with Crippen molar-refractivity contribution in [3.63, 3.8) is 0 Å². The average molecular weight is 143 g/mol. The molecule has 2 nitrogen and oxygen atoms in total. The highest BCUT2D eigenvalue weighted by molar-refractivity contribution is 4.93. The number of hydrogen-bond donors (Lipinski definition) is 0. The number of hydrogen-bond acceptors (Lipinski definition) is 2. The van der Waals surface area contributed by atoms with Gasteiger partial charge in [-0.25, -0.2) is 0 Å². The lowest BCUT2D eigenvalue weighted by molar-refractivity contribution is 0.0443. The van der Waals surface area contributed by atoms with E-state index in [1.54, 1.807) is 0 Å². The first-order valence-electron chi connectivity index (χ1n) is 3.32. The van der Waals surface area contributed by atoms with Gasteiger partial charge in [0.15, 0.2) is 0 Å². The normalized spacial score (nSPS) is 19.7. The molecule has 0 N–H and O–H groups in total. The van der Waals surface area contributed by atoms with Crippen molar-refractivity contribution in [3.8, 4) is 12.1 Å².